The number of carbonyl (C=O) groups is 2. The Morgan fingerprint density at radius 2 is 2.04 bits per heavy atom. The zero-order chi connectivity index (χ0) is 19.5. The lowest BCUT2D eigenvalue weighted by Gasteiger charge is -2.16. The van der Waals surface area contributed by atoms with Crippen LogP contribution in [0.4, 0.5) is 4.79 Å². The molecule has 0 aliphatic carbocycles. The normalized spacial score (nSPS) is 15.1. The Labute approximate surface area is 183 Å². The molecule has 0 saturated carbocycles. The van der Waals surface area contributed by atoms with Crippen LogP contribution < -0.4 is 16.0 Å². The highest BCUT2D eigenvalue weighted by molar-refractivity contribution is 14.0. The number of halogens is 1. The lowest BCUT2D eigenvalue weighted by atomic mass is 10.2. The van der Waals surface area contributed by atoms with Gasteiger partial charge in [-0.15, -0.1) is 24.0 Å². The Balaban J connectivity index is 0.00000392. The first-order valence-corrected chi connectivity index (χ1v) is 9.32. The predicted octanol–water partition coefficient (Wildman–Crippen LogP) is 1.56. The minimum absolute atomic E-state index is 0. The molecular formula is C19H30IN5O3. The summed E-state index contributed by atoms with van der Waals surface area (Å²) in [5.41, 5.74) is 1.16. The molecule has 1 saturated heterocycles. The second-order valence-corrected chi connectivity index (χ2v) is 6.46. The van der Waals surface area contributed by atoms with Crippen molar-refractivity contribution in [3.63, 3.8) is 0 Å². The average Bonchev–Trinajstić information content (AvgIpc) is 2.99. The molecule has 1 fully saturated rings. The largest absolute Gasteiger partial charge is 0.376 e. The van der Waals surface area contributed by atoms with Crippen molar-refractivity contribution in [3.05, 3.63) is 35.9 Å². The third-order valence-electron chi connectivity index (χ3n) is 3.98. The van der Waals surface area contributed by atoms with Gasteiger partial charge in [0.2, 0.25) is 5.91 Å². The molecule has 0 spiro atoms. The zero-order valence-corrected chi connectivity index (χ0v) is 18.8. The topological polar surface area (TPSA) is 95.1 Å². The summed E-state index contributed by atoms with van der Waals surface area (Å²) in [5, 5.41) is 8.82. The number of urea groups is 1. The summed E-state index contributed by atoms with van der Waals surface area (Å²) in [7, 11) is 0. The van der Waals surface area contributed by atoms with Crippen LogP contribution in [0.1, 0.15) is 19.4 Å². The third kappa shape index (κ3) is 8.42. The van der Waals surface area contributed by atoms with E-state index < -0.39 is 0 Å². The van der Waals surface area contributed by atoms with Gasteiger partial charge in [0.15, 0.2) is 5.96 Å². The lowest BCUT2D eigenvalue weighted by Crippen LogP contribution is -2.43. The monoisotopic (exact) mass is 503 g/mol. The molecule has 3 amide bonds. The maximum atomic E-state index is 11.6. The van der Waals surface area contributed by atoms with Gasteiger partial charge in [-0.2, -0.15) is 0 Å². The number of benzene rings is 1. The van der Waals surface area contributed by atoms with Crippen LogP contribution in [0.3, 0.4) is 0 Å². The highest BCUT2D eigenvalue weighted by Gasteiger charge is 2.27. The van der Waals surface area contributed by atoms with Gasteiger partial charge in [0, 0.05) is 26.2 Å². The Hall–Kier alpha value is -1.88. The molecule has 8 nitrogen and oxygen atoms in total. The molecule has 1 aromatic carbocycles. The molecule has 1 atom stereocenters. The first kappa shape index (κ1) is 24.2. The van der Waals surface area contributed by atoms with E-state index in [0.29, 0.717) is 38.8 Å². The molecule has 3 N–H and O–H groups in total. The highest BCUT2D eigenvalue weighted by atomic mass is 127. The van der Waals surface area contributed by atoms with Gasteiger partial charge in [0.05, 0.1) is 19.8 Å². The van der Waals surface area contributed by atoms with Gasteiger partial charge in [-0.05, 0) is 18.4 Å². The Kier molecular flexibility index (Phi) is 11.5. The SMILES string of the molecule is CCNC(=NCC(C)COCc1ccccc1)NCCN1C(=O)CNC1=O.I. The van der Waals surface area contributed by atoms with Crippen molar-refractivity contribution in [1.29, 1.82) is 0 Å². The van der Waals surface area contributed by atoms with Crippen LogP contribution in [-0.4, -0.2) is 62.1 Å². The summed E-state index contributed by atoms with van der Waals surface area (Å²) in [6, 6.07) is 9.73. The van der Waals surface area contributed by atoms with Crippen LogP contribution in [0.5, 0.6) is 0 Å². The van der Waals surface area contributed by atoms with E-state index in [1.807, 2.05) is 37.3 Å². The molecule has 28 heavy (non-hydrogen) atoms. The molecule has 0 bridgehead atoms. The number of rotatable bonds is 10. The number of hydrogen-bond donors (Lipinski definition) is 3. The minimum atomic E-state index is -0.340. The quantitative estimate of drug-likeness (QED) is 0.195. The van der Waals surface area contributed by atoms with Crippen LogP contribution in [-0.2, 0) is 16.1 Å². The summed E-state index contributed by atoms with van der Waals surface area (Å²) in [5.74, 6) is 0.738. The Morgan fingerprint density at radius 3 is 2.68 bits per heavy atom. The summed E-state index contributed by atoms with van der Waals surface area (Å²) in [4.78, 5) is 28.8. The van der Waals surface area contributed by atoms with E-state index in [2.05, 4.69) is 27.9 Å². The summed E-state index contributed by atoms with van der Waals surface area (Å²) in [6.45, 7) is 7.48. The summed E-state index contributed by atoms with van der Waals surface area (Å²) >= 11 is 0. The average molecular weight is 503 g/mol. The van der Waals surface area contributed by atoms with E-state index in [9.17, 15) is 9.59 Å². The molecule has 2 rings (SSSR count). The van der Waals surface area contributed by atoms with E-state index in [0.717, 1.165) is 12.1 Å². The van der Waals surface area contributed by atoms with Gasteiger partial charge in [0.25, 0.3) is 0 Å². The van der Waals surface area contributed by atoms with Crippen molar-refractivity contribution in [3.8, 4) is 0 Å². The molecule has 1 aromatic rings. The molecule has 156 valence electrons. The molecule has 1 aliphatic rings. The summed E-state index contributed by atoms with van der Waals surface area (Å²) < 4.78 is 5.75. The van der Waals surface area contributed by atoms with Crippen molar-refractivity contribution in [2.24, 2.45) is 10.9 Å². The van der Waals surface area contributed by atoms with Crippen molar-refractivity contribution < 1.29 is 14.3 Å². The minimum Gasteiger partial charge on any atom is -0.376 e. The van der Waals surface area contributed by atoms with E-state index in [4.69, 9.17) is 4.74 Å². The van der Waals surface area contributed by atoms with E-state index >= 15 is 0 Å². The number of aliphatic imine (C=N–C) groups is 1. The van der Waals surface area contributed by atoms with Crippen molar-refractivity contribution in [2.75, 3.05) is 39.3 Å². The summed E-state index contributed by atoms with van der Waals surface area (Å²) in [6.07, 6.45) is 0. The second kappa shape index (κ2) is 13.3. The Morgan fingerprint density at radius 1 is 1.29 bits per heavy atom. The third-order valence-corrected chi connectivity index (χ3v) is 3.98. The Bertz CT molecular complexity index is 626. The lowest BCUT2D eigenvalue weighted by molar-refractivity contribution is -0.124. The number of ether oxygens (including phenoxy) is 1. The maximum Gasteiger partial charge on any atom is 0.324 e. The smallest absolute Gasteiger partial charge is 0.324 e. The van der Waals surface area contributed by atoms with Gasteiger partial charge in [-0.25, -0.2) is 4.79 Å². The number of imide groups is 1. The van der Waals surface area contributed by atoms with Gasteiger partial charge in [0.1, 0.15) is 0 Å². The number of amides is 3. The van der Waals surface area contributed by atoms with Crippen LogP contribution in [0.15, 0.2) is 35.3 Å². The van der Waals surface area contributed by atoms with Gasteiger partial charge < -0.3 is 20.7 Å². The zero-order valence-electron chi connectivity index (χ0n) is 16.4. The number of carbonyl (C=O) groups excluding carboxylic acids is 2. The van der Waals surface area contributed by atoms with E-state index in [1.165, 1.54) is 4.90 Å². The molecule has 1 unspecified atom stereocenters. The molecule has 1 aliphatic heterocycles. The first-order valence-electron chi connectivity index (χ1n) is 9.32. The first-order chi connectivity index (χ1) is 13.1. The second-order valence-electron chi connectivity index (χ2n) is 6.46. The number of nitrogens with one attached hydrogen (secondary N) is 3. The highest BCUT2D eigenvalue weighted by Crippen LogP contribution is 2.03. The molecule has 0 radical (unpaired) electrons. The van der Waals surface area contributed by atoms with Crippen LogP contribution in [0, 0.1) is 5.92 Å². The van der Waals surface area contributed by atoms with Crippen molar-refractivity contribution in [2.45, 2.75) is 20.5 Å². The van der Waals surface area contributed by atoms with Crippen molar-refractivity contribution >= 4 is 41.9 Å². The van der Waals surface area contributed by atoms with Gasteiger partial charge in [-0.1, -0.05) is 37.3 Å². The molecular weight excluding hydrogens is 473 g/mol. The van der Waals surface area contributed by atoms with Crippen LogP contribution in [0.2, 0.25) is 0 Å². The fourth-order valence-corrected chi connectivity index (χ4v) is 2.56. The van der Waals surface area contributed by atoms with Gasteiger partial charge >= 0.3 is 6.03 Å². The molecule has 9 heteroatoms. The van der Waals surface area contributed by atoms with Gasteiger partial charge in [-0.3, -0.25) is 14.7 Å². The fourth-order valence-electron chi connectivity index (χ4n) is 2.56. The number of guanidine groups is 1. The number of hydrogen-bond acceptors (Lipinski definition) is 4. The maximum absolute atomic E-state index is 11.6. The van der Waals surface area contributed by atoms with Crippen LogP contribution in [0.25, 0.3) is 0 Å². The predicted molar refractivity (Wildman–Crippen MR) is 120 cm³/mol. The molecule has 1 heterocycles. The molecule has 0 aromatic heterocycles. The van der Waals surface area contributed by atoms with Crippen LogP contribution >= 0.6 is 24.0 Å². The van der Waals surface area contributed by atoms with E-state index in [-0.39, 0.29) is 48.4 Å². The standard InChI is InChI=1S/C19H29N5O3.HI/c1-3-20-18(21-9-10-24-17(25)12-23-19(24)26)22-11-15(2)13-27-14-16-7-5-4-6-8-16;/h4-8,15H,3,9-14H2,1-2H3,(H,23,26)(H2,20,21,22);1H. The van der Waals surface area contributed by atoms with E-state index in [1.54, 1.807) is 0 Å². The number of nitrogens with zero attached hydrogens (tertiary/aromatic N) is 2. The fraction of sp³-hybridized carbons (Fsp3) is 0.526. The van der Waals surface area contributed by atoms with Crippen molar-refractivity contribution in [1.82, 2.24) is 20.9 Å².